The molecule has 0 aromatic carbocycles. The summed E-state index contributed by atoms with van der Waals surface area (Å²) in [5, 5.41) is 9.94. The zero-order valence-electron chi connectivity index (χ0n) is 7.66. The molecule has 1 heterocycles. The molecule has 0 aromatic heterocycles. The van der Waals surface area contributed by atoms with E-state index in [1.54, 1.807) is 6.92 Å². The molecule has 0 fully saturated rings. The molecule has 12 heavy (non-hydrogen) atoms. The van der Waals surface area contributed by atoms with Crippen LogP contribution in [-0.2, 0) is 4.79 Å². The third-order valence-electron chi connectivity index (χ3n) is 1.96. The number of rotatable bonds is 4. The Morgan fingerprint density at radius 3 is 2.92 bits per heavy atom. The summed E-state index contributed by atoms with van der Waals surface area (Å²) < 4.78 is 0. The van der Waals surface area contributed by atoms with Crippen LogP contribution >= 0.6 is 0 Å². The van der Waals surface area contributed by atoms with Gasteiger partial charge in [0, 0.05) is 13.0 Å². The number of carbonyl (C=O) groups excluding carboxylic acids is 1. The number of ketones is 1. The van der Waals surface area contributed by atoms with Crippen molar-refractivity contribution in [1.29, 1.82) is 0 Å². The molecule has 0 aliphatic carbocycles. The van der Waals surface area contributed by atoms with Gasteiger partial charge in [0.25, 0.3) is 0 Å². The molecule has 1 aliphatic rings. The van der Waals surface area contributed by atoms with Crippen LogP contribution in [0.1, 0.15) is 26.7 Å². The molecule has 0 radical (unpaired) electrons. The summed E-state index contributed by atoms with van der Waals surface area (Å²) in [7, 11) is 0. The predicted octanol–water partition coefficient (Wildman–Crippen LogP) is 1.43. The third kappa shape index (κ3) is 2.60. The van der Waals surface area contributed by atoms with Crippen molar-refractivity contribution in [1.82, 2.24) is 5.01 Å². The maximum Gasteiger partial charge on any atom is 0.129 e. The van der Waals surface area contributed by atoms with Gasteiger partial charge in [-0.15, -0.1) is 0 Å². The van der Waals surface area contributed by atoms with Gasteiger partial charge in [-0.2, -0.15) is 5.11 Å². The second kappa shape index (κ2) is 4.18. The van der Waals surface area contributed by atoms with Crippen molar-refractivity contribution >= 4 is 5.78 Å². The molecule has 0 saturated carbocycles. The molecule has 1 rings (SSSR count). The quantitative estimate of drug-likeness (QED) is 0.639. The topological polar surface area (TPSA) is 45.0 Å². The number of carbonyl (C=O) groups is 1. The van der Waals surface area contributed by atoms with E-state index in [1.807, 2.05) is 11.9 Å². The van der Waals surface area contributed by atoms with E-state index in [2.05, 4.69) is 10.3 Å². The van der Waals surface area contributed by atoms with E-state index in [0.717, 1.165) is 19.5 Å². The minimum Gasteiger partial charge on any atom is -0.300 e. The van der Waals surface area contributed by atoms with Gasteiger partial charge in [0.2, 0.25) is 0 Å². The van der Waals surface area contributed by atoms with Gasteiger partial charge in [-0.3, -0.25) is 5.01 Å². The normalized spacial score (nSPS) is 21.8. The van der Waals surface area contributed by atoms with Crippen LogP contribution in [0.3, 0.4) is 0 Å². The minimum atomic E-state index is 0.236. The van der Waals surface area contributed by atoms with E-state index in [-0.39, 0.29) is 11.8 Å². The molecule has 0 N–H and O–H groups in total. The Kier molecular flexibility index (Phi) is 3.19. The van der Waals surface area contributed by atoms with Crippen molar-refractivity contribution in [2.45, 2.75) is 32.7 Å². The smallest absolute Gasteiger partial charge is 0.129 e. The fraction of sp³-hybridized carbons (Fsp3) is 0.875. The van der Waals surface area contributed by atoms with E-state index in [1.165, 1.54) is 0 Å². The number of nitrogens with zero attached hydrogens (tertiary/aromatic N) is 3. The van der Waals surface area contributed by atoms with Crippen LogP contribution in [0.4, 0.5) is 0 Å². The van der Waals surface area contributed by atoms with Gasteiger partial charge in [-0.25, -0.2) is 0 Å². The Bertz CT molecular complexity index is 191. The number of hydrogen-bond donors (Lipinski definition) is 0. The van der Waals surface area contributed by atoms with Crippen molar-refractivity contribution in [2.24, 2.45) is 10.3 Å². The van der Waals surface area contributed by atoms with Crippen molar-refractivity contribution in [2.75, 3.05) is 13.1 Å². The van der Waals surface area contributed by atoms with Crippen LogP contribution in [0.15, 0.2) is 10.3 Å². The highest BCUT2D eigenvalue weighted by atomic mass is 16.1. The summed E-state index contributed by atoms with van der Waals surface area (Å²) in [5.41, 5.74) is 0. The number of hydrogen-bond acceptors (Lipinski definition) is 4. The molecule has 4 nitrogen and oxygen atoms in total. The van der Waals surface area contributed by atoms with Crippen molar-refractivity contribution in [3.8, 4) is 0 Å². The molecule has 0 amide bonds. The second-order valence-corrected chi connectivity index (χ2v) is 3.10. The maximum atomic E-state index is 10.7. The van der Waals surface area contributed by atoms with Crippen LogP contribution in [0, 0.1) is 0 Å². The van der Waals surface area contributed by atoms with Crippen LogP contribution in [-0.4, -0.2) is 29.9 Å². The summed E-state index contributed by atoms with van der Waals surface area (Å²) in [5.74, 6) is 0.236. The first-order valence-electron chi connectivity index (χ1n) is 4.37. The fourth-order valence-electron chi connectivity index (χ4n) is 1.17. The molecule has 1 unspecified atom stereocenters. The van der Waals surface area contributed by atoms with Crippen LogP contribution in [0.2, 0.25) is 0 Å². The third-order valence-corrected chi connectivity index (χ3v) is 1.96. The van der Waals surface area contributed by atoms with Crippen molar-refractivity contribution < 1.29 is 4.79 Å². The van der Waals surface area contributed by atoms with Gasteiger partial charge in [0.15, 0.2) is 0 Å². The van der Waals surface area contributed by atoms with Crippen molar-refractivity contribution in [3.05, 3.63) is 0 Å². The predicted molar refractivity (Wildman–Crippen MR) is 45.8 cm³/mol. The first-order chi connectivity index (χ1) is 5.72. The molecular formula is C8H15N3O. The average Bonchev–Trinajstić information content (AvgIpc) is 2.48. The lowest BCUT2D eigenvalue weighted by atomic mass is 10.1. The molecule has 1 aliphatic heterocycles. The molecule has 0 bridgehead atoms. The van der Waals surface area contributed by atoms with E-state index in [0.29, 0.717) is 6.42 Å². The van der Waals surface area contributed by atoms with Gasteiger partial charge in [-0.1, -0.05) is 5.22 Å². The molecule has 0 aromatic rings. The van der Waals surface area contributed by atoms with E-state index < -0.39 is 0 Å². The monoisotopic (exact) mass is 169 g/mol. The fourth-order valence-corrected chi connectivity index (χ4v) is 1.17. The molecule has 0 saturated heterocycles. The van der Waals surface area contributed by atoms with Gasteiger partial charge < -0.3 is 4.79 Å². The van der Waals surface area contributed by atoms with E-state index in [9.17, 15) is 4.79 Å². The maximum absolute atomic E-state index is 10.7. The Hall–Kier alpha value is -0.930. The zero-order valence-corrected chi connectivity index (χ0v) is 7.66. The van der Waals surface area contributed by atoms with E-state index >= 15 is 0 Å². The number of likely N-dealkylation sites (N-methyl/N-ethyl adjacent to an activating group) is 1. The highest BCUT2D eigenvalue weighted by Gasteiger charge is 2.17. The minimum absolute atomic E-state index is 0.236. The highest BCUT2D eigenvalue weighted by Crippen LogP contribution is 2.12. The van der Waals surface area contributed by atoms with Gasteiger partial charge >= 0.3 is 0 Å². The Morgan fingerprint density at radius 1 is 1.67 bits per heavy atom. The van der Waals surface area contributed by atoms with E-state index in [4.69, 9.17) is 0 Å². The summed E-state index contributed by atoms with van der Waals surface area (Å²) in [6.45, 7) is 5.44. The lowest BCUT2D eigenvalue weighted by Gasteiger charge is -2.09. The molecule has 1 atom stereocenters. The Morgan fingerprint density at radius 2 is 2.42 bits per heavy atom. The average molecular weight is 169 g/mol. The van der Waals surface area contributed by atoms with Crippen LogP contribution < -0.4 is 0 Å². The highest BCUT2D eigenvalue weighted by molar-refractivity contribution is 5.75. The summed E-state index contributed by atoms with van der Waals surface area (Å²) in [6, 6.07) is 0.244. The summed E-state index contributed by atoms with van der Waals surface area (Å²) in [6.07, 6.45) is 1.47. The second-order valence-electron chi connectivity index (χ2n) is 3.10. The molecule has 4 heteroatoms. The zero-order chi connectivity index (χ0) is 8.97. The molecule has 68 valence electrons. The summed E-state index contributed by atoms with van der Waals surface area (Å²) in [4.78, 5) is 10.7. The standard InChI is InChI=1S/C8H15N3O/c1-3-11-6-8(9-10-11)5-4-7(2)12/h8H,3-6H2,1-2H3. The van der Waals surface area contributed by atoms with Crippen molar-refractivity contribution in [3.63, 3.8) is 0 Å². The van der Waals surface area contributed by atoms with Crippen LogP contribution in [0.5, 0.6) is 0 Å². The van der Waals surface area contributed by atoms with Gasteiger partial charge in [0.1, 0.15) is 5.78 Å². The van der Waals surface area contributed by atoms with Gasteiger partial charge in [-0.05, 0) is 20.3 Å². The molecular weight excluding hydrogens is 154 g/mol. The Labute approximate surface area is 72.6 Å². The SMILES string of the molecule is CCN1CC(CCC(C)=O)N=N1. The van der Waals surface area contributed by atoms with Gasteiger partial charge in [0.05, 0.1) is 12.6 Å². The Balaban J connectivity index is 2.20. The van der Waals surface area contributed by atoms with Crippen LogP contribution in [0.25, 0.3) is 0 Å². The largest absolute Gasteiger partial charge is 0.300 e. The summed E-state index contributed by atoms with van der Waals surface area (Å²) >= 11 is 0. The molecule has 0 spiro atoms. The first kappa shape index (κ1) is 9.16. The lowest BCUT2D eigenvalue weighted by Crippen LogP contribution is -2.20. The lowest BCUT2D eigenvalue weighted by molar-refractivity contribution is -0.117. The number of Topliss-reactive ketones (excluding diaryl/α,β-unsaturated/α-hetero) is 1. The first-order valence-corrected chi connectivity index (χ1v) is 4.37.